The van der Waals surface area contributed by atoms with Crippen LogP contribution >= 0.6 is 0 Å². The summed E-state index contributed by atoms with van der Waals surface area (Å²) in [6.45, 7) is 5.86. The predicted molar refractivity (Wildman–Crippen MR) is 95.6 cm³/mol. The molecular formula is C19H18F2N4. The zero-order valence-electron chi connectivity index (χ0n) is 14.2. The summed E-state index contributed by atoms with van der Waals surface area (Å²) in [6, 6.07) is 11.4. The first-order chi connectivity index (χ1) is 11.9. The minimum Gasteiger partial charge on any atom is -0.340 e. The first-order valence-corrected chi connectivity index (χ1v) is 7.83. The van der Waals surface area contributed by atoms with Gasteiger partial charge in [-0.05, 0) is 56.2 Å². The van der Waals surface area contributed by atoms with Crippen LogP contribution in [-0.2, 0) is 0 Å². The van der Waals surface area contributed by atoms with Gasteiger partial charge in [-0.15, -0.1) is 0 Å². The normalized spacial score (nSPS) is 10.6. The van der Waals surface area contributed by atoms with Crippen LogP contribution in [0.1, 0.15) is 16.8 Å². The van der Waals surface area contributed by atoms with Crippen molar-refractivity contribution in [3.63, 3.8) is 0 Å². The molecule has 3 rings (SSSR count). The molecule has 0 bridgehead atoms. The van der Waals surface area contributed by atoms with Crippen LogP contribution in [0.3, 0.4) is 0 Å². The van der Waals surface area contributed by atoms with Crippen molar-refractivity contribution in [3.05, 3.63) is 70.9 Å². The van der Waals surface area contributed by atoms with Crippen molar-refractivity contribution in [3.8, 4) is 0 Å². The molecule has 2 aromatic carbocycles. The average molecular weight is 340 g/mol. The van der Waals surface area contributed by atoms with Crippen LogP contribution in [0.15, 0.2) is 42.5 Å². The fraction of sp³-hybridized carbons (Fsp3) is 0.158. The maximum atomic E-state index is 13.8. The molecule has 1 heterocycles. The summed E-state index contributed by atoms with van der Waals surface area (Å²) in [4.78, 5) is 8.48. The maximum absolute atomic E-state index is 13.8. The number of para-hydroxylation sites is 1. The van der Waals surface area contributed by atoms with Gasteiger partial charge in [-0.1, -0.05) is 12.1 Å². The molecule has 0 unspecified atom stereocenters. The number of anilines is 4. The van der Waals surface area contributed by atoms with Crippen molar-refractivity contribution < 1.29 is 8.78 Å². The zero-order chi connectivity index (χ0) is 18.0. The molecule has 25 heavy (non-hydrogen) atoms. The fourth-order valence-corrected chi connectivity index (χ4v) is 2.38. The smallest absolute Gasteiger partial charge is 0.229 e. The Hall–Kier alpha value is -3.02. The number of aryl methyl sites for hydroxylation is 3. The lowest BCUT2D eigenvalue weighted by atomic mass is 10.1. The van der Waals surface area contributed by atoms with Crippen molar-refractivity contribution in [2.24, 2.45) is 0 Å². The van der Waals surface area contributed by atoms with E-state index in [9.17, 15) is 8.78 Å². The minimum absolute atomic E-state index is 0.121. The van der Waals surface area contributed by atoms with E-state index in [1.165, 1.54) is 23.8 Å². The van der Waals surface area contributed by atoms with Crippen molar-refractivity contribution in [1.29, 1.82) is 0 Å². The van der Waals surface area contributed by atoms with Gasteiger partial charge in [0.1, 0.15) is 23.1 Å². The van der Waals surface area contributed by atoms with Crippen molar-refractivity contribution in [2.75, 3.05) is 10.6 Å². The maximum Gasteiger partial charge on any atom is 0.229 e. The third-order valence-corrected chi connectivity index (χ3v) is 3.83. The molecule has 0 aliphatic carbocycles. The van der Waals surface area contributed by atoms with Gasteiger partial charge in [0, 0.05) is 17.4 Å². The standard InChI is InChI=1S/C19H18F2N4/c1-11-7-8-14(9-12(11)2)23-17-10-13(3)22-19(24-17)25-18-15(20)5-4-6-16(18)21/h4-10H,1-3H3,(H2,22,23,24,25). The van der Waals surface area contributed by atoms with Crippen LogP contribution in [0.25, 0.3) is 0 Å². The van der Waals surface area contributed by atoms with Crippen LogP contribution < -0.4 is 10.6 Å². The molecule has 0 amide bonds. The molecule has 0 radical (unpaired) electrons. The third-order valence-electron chi connectivity index (χ3n) is 3.83. The van der Waals surface area contributed by atoms with Gasteiger partial charge < -0.3 is 10.6 Å². The molecular weight excluding hydrogens is 322 g/mol. The topological polar surface area (TPSA) is 49.8 Å². The van der Waals surface area contributed by atoms with E-state index >= 15 is 0 Å². The Bertz CT molecular complexity index is 905. The van der Waals surface area contributed by atoms with Gasteiger partial charge in [0.05, 0.1) is 0 Å². The lowest BCUT2D eigenvalue weighted by molar-refractivity contribution is 0.590. The Morgan fingerprint density at radius 3 is 2.20 bits per heavy atom. The van der Waals surface area contributed by atoms with Crippen molar-refractivity contribution >= 4 is 23.1 Å². The lowest BCUT2D eigenvalue weighted by Gasteiger charge is -2.12. The minimum atomic E-state index is -0.700. The highest BCUT2D eigenvalue weighted by atomic mass is 19.1. The Kier molecular flexibility index (Phi) is 4.61. The number of aromatic nitrogens is 2. The van der Waals surface area contributed by atoms with E-state index in [0.29, 0.717) is 11.5 Å². The van der Waals surface area contributed by atoms with Crippen molar-refractivity contribution in [2.45, 2.75) is 20.8 Å². The van der Waals surface area contributed by atoms with Gasteiger partial charge in [0.25, 0.3) is 0 Å². The molecule has 4 nitrogen and oxygen atoms in total. The SMILES string of the molecule is Cc1cc(Nc2ccc(C)c(C)c2)nc(Nc2c(F)cccc2F)n1. The highest BCUT2D eigenvalue weighted by molar-refractivity contribution is 5.61. The number of rotatable bonds is 4. The molecule has 0 aliphatic rings. The number of hydrogen-bond acceptors (Lipinski definition) is 4. The van der Waals surface area contributed by atoms with Gasteiger partial charge in [-0.2, -0.15) is 4.98 Å². The number of nitrogens with zero attached hydrogens (tertiary/aromatic N) is 2. The lowest BCUT2D eigenvalue weighted by Crippen LogP contribution is -2.05. The summed E-state index contributed by atoms with van der Waals surface area (Å²) in [5, 5.41) is 5.81. The van der Waals surface area contributed by atoms with Gasteiger partial charge in [-0.25, -0.2) is 13.8 Å². The summed E-state index contributed by atoms with van der Waals surface area (Å²) in [5.41, 5.74) is 3.62. The largest absolute Gasteiger partial charge is 0.340 e. The van der Waals surface area contributed by atoms with Gasteiger partial charge in [0.2, 0.25) is 5.95 Å². The number of benzene rings is 2. The molecule has 0 saturated carbocycles. The van der Waals surface area contributed by atoms with E-state index in [2.05, 4.69) is 20.6 Å². The van der Waals surface area contributed by atoms with E-state index < -0.39 is 11.6 Å². The Balaban J connectivity index is 1.89. The molecule has 0 saturated heterocycles. The van der Waals surface area contributed by atoms with E-state index in [-0.39, 0.29) is 11.6 Å². The van der Waals surface area contributed by atoms with Gasteiger partial charge in [-0.3, -0.25) is 0 Å². The van der Waals surface area contributed by atoms with Gasteiger partial charge in [0.15, 0.2) is 0 Å². The molecule has 0 atom stereocenters. The number of hydrogen-bond donors (Lipinski definition) is 2. The van der Waals surface area contributed by atoms with E-state index in [1.807, 2.05) is 32.0 Å². The molecule has 2 N–H and O–H groups in total. The van der Waals surface area contributed by atoms with Crippen LogP contribution in [0.4, 0.5) is 31.9 Å². The number of nitrogens with one attached hydrogen (secondary N) is 2. The summed E-state index contributed by atoms with van der Waals surface area (Å²) in [7, 11) is 0. The second-order valence-electron chi connectivity index (χ2n) is 5.86. The Labute approximate surface area is 145 Å². The zero-order valence-corrected chi connectivity index (χ0v) is 14.2. The van der Waals surface area contributed by atoms with Crippen LogP contribution in [-0.4, -0.2) is 9.97 Å². The van der Waals surface area contributed by atoms with E-state index in [1.54, 1.807) is 13.0 Å². The summed E-state index contributed by atoms with van der Waals surface area (Å²) in [5.74, 6) is -0.743. The first kappa shape index (κ1) is 16.8. The van der Waals surface area contributed by atoms with Crippen molar-refractivity contribution in [1.82, 2.24) is 9.97 Å². The molecule has 6 heteroatoms. The van der Waals surface area contributed by atoms with E-state index in [4.69, 9.17) is 0 Å². The van der Waals surface area contributed by atoms with Crippen LogP contribution in [0.2, 0.25) is 0 Å². The fourth-order valence-electron chi connectivity index (χ4n) is 2.38. The summed E-state index contributed by atoms with van der Waals surface area (Å²) in [6.07, 6.45) is 0. The molecule has 0 aliphatic heterocycles. The molecule has 128 valence electrons. The highest BCUT2D eigenvalue weighted by Gasteiger charge is 2.11. The predicted octanol–water partition coefficient (Wildman–Crippen LogP) is 5.17. The quantitative estimate of drug-likeness (QED) is 0.688. The van der Waals surface area contributed by atoms with Crippen LogP contribution in [0.5, 0.6) is 0 Å². The summed E-state index contributed by atoms with van der Waals surface area (Å²) < 4.78 is 27.6. The molecule has 0 fully saturated rings. The first-order valence-electron chi connectivity index (χ1n) is 7.83. The van der Waals surface area contributed by atoms with E-state index in [0.717, 1.165) is 11.3 Å². The second kappa shape index (κ2) is 6.84. The molecule has 0 spiro atoms. The molecule has 3 aromatic rings. The van der Waals surface area contributed by atoms with Gasteiger partial charge >= 0.3 is 0 Å². The highest BCUT2D eigenvalue weighted by Crippen LogP contribution is 2.24. The second-order valence-corrected chi connectivity index (χ2v) is 5.86. The third kappa shape index (κ3) is 3.91. The monoisotopic (exact) mass is 340 g/mol. The Morgan fingerprint density at radius 2 is 1.52 bits per heavy atom. The summed E-state index contributed by atoms with van der Waals surface area (Å²) >= 11 is 0. The average Bonchev–Trinajstić information content (AvgIpc) is 2.54. The van der Waals surface area contributed by atoms with Crippen LogP contribution in [0, 0.1) is 32.4 Å². The molecule has 1 aromatic heterocycles. The number of halogens is 2. The Morgan fingerprint density at radius 1 is 0.800 bits per heavy atom.